The number of carbonyl (C=O) groups is 1. The molecule has 0 unspecified atom stereocenters. The summed E-state index contributed by atoms with van der Waals surface area (Å²) < 4.78 is 0. The van der Waals surface area contributed by atoms with Gasteiger partial charge in [-0.05, 0) is 12.8 Å². The Morgan fingerprint density at radius 1 is 1.36 bits per heavy atom. The molecule has 64 valence electrons. The zero-order valence-electron chi connectivity index (χ0n) is 6.36. The van der Waals surface area contributed by atoms with E-state index in [4.69, 9.17) is 10.9 Å². The smallest absolute Gasteiger partial charge is 0.436 e. The second-order valence-electron chi connectivity index (χ2n) is 2.64. The van der Waals surface area contributed by atoms with Crippen LogP contribution in [0.15, 0.2) is 0 Å². The van der Waals surface area contributed by atoms with E-state index < -0.39 is 6.09 Å². The van der Waals surface area contributed by atoms with Gasteiger partial charge in [0.25, 0.3) is 0 Å². The molecule has 1 aliphatic rings. The fourth-order valence-corrected chi connectivity index (χ4v) is 1.21. The number of hydrogen-bond acceptors (Lipinski definition) is 3. The van der Waals surface area contributed by atoms with Crippen LogP contribution < -0.4 is 5.84 Å². The molecule has 1 rings (SSSR count). The van der Waals surface area contributed by atoms with E-state index in [0.717, 1.165) is 31.0 Å². The van der Waals surface area contributed by atoms with Crippen LogP contribution in [0.25, 0.3) is 0 Å². The normalized spacial score (nSPS) is 19.7. The van der Waals surface area contributed by atoms with Gasteiger partial charge < -0.3 is 5.11 Å². The average molecular weight is 159 g/mol. The first-order chi connectivity index (χ1) is 5.22. The minimum Gasteiger partial charge on any atom is -0.463 e. The van der Waals surface area contributed by atoms with Crippen molar-refractivity contribution in [1.29, 1.82) is 0 Å². The van der Waals surface area contributed by atoms with Crippen LogP contribution in [0.1, 0.15) is 19.3 Å². The highest BCUT2D eigenvalue weighted by Gasteiger charge is 2.18. The number of nitrogens with two attached hydrogens (primary N) is 1. The third-order valence-electron chi connectivity index (χ3n) is 1.83. The molecule has 0 aromatic carbocycles. The Balaban J connectivity index is 2.38. The highest BCUT2D eigenvalue weighted by molar-refractivity contribution is 5.63. The Kier molecular flexibility index (Phi) is 2.67. The van der Waals surface area contributed by atoms with Gasteiger partial charge in [-0.3, -0.25) is 0 Å². The van der Waals surface area contributed by atoms with Crippen molar-refractivity contribution < 1.29 is 9.90 Å². The van der Waals surface area contributed by atoms with Gasteiger partial charge in [-0.2, -0.15) is 5.12 Å². The fraction of sp³-hybridized carbons (Fsp3) is 0.833. The zero-order valence-corrected chi connectivity index (χ0v) is 6.36. The Morgan fingerprint density at radius 3 is 2.36 bits per heavy atom. The molecule has 5 heteroatoms. The van der Waals surface area contributed by atoms with Gasteiger partial charge in [-0.25, -0.2) is 15.6 Å². The summed E-state index contributed by atoms with van der Waals surface area (Å²) in [6, 6.07) is 0. The average Bonchev–Trinajstić information content (AvgIpc) is 2.05. The van der Waals surface area contributed by atoms with Crippen LogP contribution in [-0.4, -0.2) is 34.4 Å². The van der Waals surface area contributed by atoms with Crippen LogP contribution in [-0.2, 0) is 0 Å². The van der Waals surface area contributed by atoms with E-state index in [0.29, 0.717) is 0 Å². The van der Waals surface area contributed by atoms with Crippen LogP contribution in [0.4, 0.5) is 4.79 Å². The van der Waals surface area contributed by atoms with Crippen LogP contribution >= 0.6 is 0 Å². The summed E-state index contributed by atoms with van der Waals surface area (Å²) >= 11 is 0. The van der Waals surface area contributed by atoms with Crippen LogP contribution in [0, 0.1) is 0 Å². The third kappa shape index (κ3) is 2.06. The number of hydrogen-bond donors (Lipinski definition) is 2. The molecule has 0 aliphatic carbocycles. The molecule has 0 atom stereocenters. The minimum atomic E-state index is -1.09. The number of amides is 1. The van der Waals surface area contributed by atoms with E-state index in [2.05, 4.69) is 0 Å². The summed E-state index contributed by atoms with van der Waals surface area (Å²) in [6.07, 6.45) is 2.14. The van der Waals surface area contributed by atoms with Crippen molar-refractivity contribution in [3.63, 3.8) is 0 Å². The van der Waals surface area contributed by atoms with Crippen molar-refractivity contribution in [1.82, 2.24) is 10.1 Å². The molecule has 1 heterocycles. The van der Waals surface area contributed by atoms with Crippen molar-refractivity contribution >= 4 is 6.09 Å². The van der Waals surface area contributed by atoms with Crippen molar-refractivity contribution in [3.8, 4) is 0 Å². The van der Waals surface area contributed by atoms with Crippen LogP contribution in [0.3, 0.4) is 0 Å². The van der Waals surface area contributed by atoms with E-state index in [1.54, 1.807) is 5.01 Å². The maximum atomic E-state index is 10.4. The van der Waals surface area contributed by atoms with E-state index >= 15 is 0 Å². The quantitative estimate of drug-likeness (QED) is 0.326. The molecule has 3 N–H and O–H groups in total. The van der Waals surface area contributed by atoms with Gasteiger partial charge in [0.05, 0.1) is 0 Å². The molecule has 0 saturated carbocycles. The highest BCUT2D eigenvalue weighted by Crippen LogP contribution is 2.08. The van der Waals surface area contributed by atoms with E-state index in [9.17, 15) is 4.79 Å². The largest absolute Gasteiger partial charge is 0.463 e. The zero-order chi connectivity index (χ0) is 8.27. The maximum absolute atomic E-state index is 10.4. The van der Waals surface area contributed by atoms with Gasteiger partial charge >= 0.3 is 6.09 Å². The number of carboxylic acid groups (broad SMARTS) is 1. The van der Waals surface area contributed by atoms with Gasteiger partial charge in [0.2, 0.25) is 0 Å². The third-order valence-corrected chi connectivity index (χ3v) is 1.83. The predicted octanol–water partition coefficient (Wildman–Crippen LogP) is 0.241. The van der Waals surface area contributed by atoms with Crippen LogP contribution in [0.5, 0.6) is 0 Å². The molecule has 0 radical (unpaired) electrons. The molecule has 1 aliphatic heterocycles. The Labute approximate surface area is 65.3 Å². The van der Waals surface area contributed by atoms with Crippen molar-refractivity contribution in [2.24, 2.45) is 5.84 Å². The lowest BCUT2D eigenvalue weighted by Crippen LogP contribution is -2.52. The summed E-state index contributed by atoms with van der Waals surface area (Å²) in [6.45, 7) is 1.51. The Morgan fingerprint density at radius 2 is 1.91 bits per heavy atom. The van der Waals surface area contributed by atoms with Gasteiger partial charge in [0.15, 0.2) is 0 Å². The number of rotatable bonds is 1. The topological polar surface area (TPSA) is 69.8 Å². The van der Waals surface area contributed by atoms with E-state index in [-0.39, 0.29) is 0 Å². The lowest BCUT2D eigenvalue weighted by Gasteiger charge is -2.31. The Hall–Kier alpha value is -0.810. The summed E-state index contributed by atoms with van der Waals surface area (Å²) in [7, 11) is 0. The first-order valence-corrected chi connectivity index (χ1v) is 3.74. The second kappa shape index (κ2) is 3.54. The maximum Gasteiger partial charge on any atom is 0.436 e. The molecule has 0 bridgehead atoms. The fourth-order valence-electron chi connectivity index (χ4n) is 1.21. The minimum absolute atomic E-state index is 0.753. The van der Waals surface area contributed by atoms with E-state index in [1.807, 2.05) is 0 Å². The molecule has 1 saturated heterocycles. The summed E-state index contributed by atoms with van der Waals surface area (Å²) in [4.78, 5) is 10.4. The molecule has 1 fully saturated rings. The molecular weight excluding hydrogens is 146 g/mol. The van der Waals surface area contributed by atoms with Crippen LogP contribution in [0.2, 0.25) is 0 Å². The lowest BCUT2D eigenvalue weighted by atomic mass is 10.2. The molecule has 0 spiro atoms. The second-order valence-corrected chi connectivity index (χ2v) is 2.64. The summed E-state index contributed by atoms with van der Waals surface area (Å²) in [5.74, 6) is 5.25. The molecule has 0 aromatic heterocycles. The van der Waals surface area contributed by atoms with Gasteiger partial charge in [0, 0.05) is 13.1 Å². The highest BCUT2D eigenvalue weighted by atomic mass is 16.4. The predicted molar refractivity (Wildman–Crippen MR) is 39.5 cm³/mol. The molecule has 0 aromatic rings. The first kappa shape index (κ1) is 8.29. The molecule has 1 amide bonds. The summed E-state index contributed by atoms with van der Waals surface area (Å²) in [5.41, 5.74) is 0. The van der Waals surface area contributed by atoms with Gasteiger partial charge in [-0.1, -0.05) is 6.42 Å². The SMILES string of the molecule is NN(C(=O)O)N1CCCCC1. The first-order valence-electron chi connectivity index (χ1n) is 3.74. The van der Waals surface area contributed by atoms with Crippen molar-refractivity contribution in [2.45, 2.75) is 19.3 Å². The number of piperidine rings is 1. The van der Waals surface area contributed by atoms with Crippen molar-refractivity contribution in [2.75, 3.05) is 13.1 Å². The molecular formula is C6H13N3O2. The molecule has 5 nitrogen and oxygen atoms in total. The standard InChI is InChI=1S/C6H13N3O2/c7-9(6(10)11)8-4-2-1-3-5-8/h1-5,7H2,(H,10,11). The molecule has 11 heavy (non-hydrogen) atoms. The number of hydrazine groups is 2. The van der Waals surface area contributed by atoms with Crippen molar-refractivity contribution in [3.05, 3.63) is 0 Å². The van der Waals surface area contributed by atoms with Gasteiger partial charge in [-0.15, -0.1) is 0 Å². The van der Waals surface area contributed by atoms with E-state index in [1.165, 1.54) is 6.42 Å². The lowest BCUT2D eigenvalue weighted by molar-refractivity contribution is -0.0231. The monoisotopic (exact) mass is 159 g/mol. The summed E-state index contributed by atoms with van der Waals surface area (Å²) in [5, 5.41) is 10.9. The Bertz CT molecular complexity index is 145. The van der Waals surface area contributed by atoms with Gasteiger partial charge in [0.1, 0.15) is 0 Å². The number of nitrogens with zero attached hydrogens (tertiary/aromatic N) is 2.